The second kappa shape index (κ2) is 6.93. The van der Waals surface area contributed by atoms with E-state index in [2.05, 4.69) is 22.1 Å². The van der Waals surface area contributed by atoms with Gasteiger partial charge in [-0.2, -0.15) is 0 Å². The quantitative estimate of drug-likeness (QED) is 0.827. The number of methoxy groups -OCH3 is 1. The molecule has 1 N–H and O–H groups in total. The van der Waals surface area contributed by atoms with Crippen molar-refractivity contribution in [2.75, 3.05) is 46.6 Å². The highest BCUT2D eigenvalue weighted by Crippen LogP contribution is 2.24. The molecule has 0 atom stereocenters. The molecule has 1 aromatic carbocycles. The molecule has 0 radical (unpaired) electrons. The summed E-state index contributed by atoms with van der Waals surface area (Å²) in [4.78, 5) is 5.77. The Bertz CT molecular complexity index is 576. The zero-order valence-corrected chi connectivity index (χ0v) is 12.4. The summed E-state index contributed by atoms with van der Waals surface area (Å²) in [7, 11) is 1.68. The van der Waals surface area contributed by atoms with Gasteiger partial charge in [0.25, 0.3) is 0 Å². The summed E-state index contributed by atoms with van der Waals surface area (Å²) in [6, 6.07) is 6.20. The van der Waals surface area contributed by atoms with Crippen LogP contribution >= 0.6 is 0 Å². The van der Waals surface area contributed by atoms with Crippen molar-refractivity contribution in [2.45, 2.75) is 6.54 Å². The average molecular weight is 290 g/mol. The zero-order chi connectivity index (χ0) is 14.5. The van der Waals surface area contributed by atoms with Crippen LogP contribution in [0.1, 0.15) is 5.56 Å². The number of aromatic amines is 1. The zero-order valence-electron chi connectivity index (χ0n) is 12.4. The maximum Gasteiger partial charge on any atom is 0.121 e. The van der Waals surface area contributed by atoms with Gasteiger partial charge in [0, 0.05) is 49.9 Å². The van der Waals surface area contributed by atoms with Crippen LogP contribution in [-0.4, -0.2) is 56.5 Å². The first-order chi connectivity index (χ1) is 10.4. The van der Waals surface area contributed by atoms with Gasteiger partial charge in [-0.25, -0.2) is 0 Å². The standard InChI is InChI=1S/C16H22N2O3/c1-19-8-9-21-14-2-3-15-13(11-17-16(15)10-14)12-18-4-6-20-7-5-18/h2-3,10-11,17H,4-9,12H2,1H3. The van der Waals surface area contributed by atoms with E-state index in [1.807, 2.05) is 12.1 Å². The van der Waals surface area contributed by atoms with Crippen molar-refractivity contribution < 1.29 is 14.2 Å². The first-order valence-corrected chi connectivity index (χ1v) is 7.38. The highest BCUT2D eigenvalue weighted by atomic mass is 16.5. The third-order valence-corrected chi connectivity index (χ3v) is 3.79. The fourth-order valence-corrected chi connectivity index (χ4v) is 2.63. The van der Waals surface area contributed by atoms with E-state index in [0.717, 1.165) is 44.1 Å². The second-order valence-electron chi connectivity index (χ2n) is 5.25. The van der Waals surface area contributed by atoms with Crippen molar-refractivity contribution in [3.63, 3.8) is 0 Å². The summed E-state index contributed by atoms with van der Waals surface area (Å²) in [5.74, 6) is 0.874. The molecule has 0 aliphatic carbocycles. The number of H-pyrrole nitrogens is 1. The van der Waals surface area contributed by atoms with E-state index in [1.165, 1.54) is 10.9 Å². The molecule has 1 saturated heterocycles. The molecule has 0 bridgehead atoms. The number of hydrogen-bond acceptors (Lipinski definition) is 4. The average Bonchev–Trinajstić information content (AvgIpc) is 2.91. The lowest BCUT2D eigenvalue weighted by Crippen LogP contribution is -2.35. The van der Waals surface area contributed by atoms with Crippen LogP contribution in [0.5, 0.6) is 5.75 Å². The maximum absolute atomic E-state index is 5.64. The normalized spacial score (nSPS) is 16.4. The molecule has 3 rings (SSSR count). The first-order valence-electron chi connectivity index (χ1n) is 7.38. The molecule has 2 heterocycles. The summed E-state index contributed by atoms with van der Waals surface area (Å²) in [5.41, 5.74) is 2.45. The molecule has 0 saturated carbocycles. The van der Waals surface area contributed by atoms with Gasteiger partial charge in [-0.05, 0) is 17.7 Å². The molecule has 0 unspecified atom stereocenters. The van der Waals surface area contributed by atoms with Crippen LogP contribution in [0.15, 0.2) is 24.4 Å². The van der Waals surface area contributed by atoms with Crippen molar-refractivity contribution in [3.05, 3.63) is 30.0 Å². The van der Waals surface area contributed by atoms with Gasteiger partial charge in [-0.1, -0.05) is 0 Å². The van der Waals surface area contributed by atoms with Crippen LogP contribution in [0.4, 0.5) is 0 Å². The van der Waals surface area contributed by atoms with E-state index in [-0.39, 0.29) is 0 Å². The Morgan fingerprint density at radius 2 is 2.10 bits per heavy atom. The number of benzene rings is 1. The van der Waals surface area contributed by atoms with Crippen molar-refractivity contribution >= 4 is 10.9 Å². The molecular weight excluding hydrogens is 268 g/mol. The van der Waals surface area contributed by atoms with Crippen LogP contribution in [0, 0.1) is 0 Å². The van der Waals surface area contributed by atoms with Gasteiger partial charge >= 0.3 is 0 Å². The van der Waals surface area contributed by atoms with E-state index in [9.17, 15) is 0 Å². The third kappa shape index (κ3) is 3.56. The van der Waals surface area contributed by atoms with Crippen LogP contribution in [0.25, 0.3) is 10.9 Å². The van der Waals surface area contributed by atoms with E-state index in [1.54, 1.807) is 7.11 Å². The Morgan fingerprint density at radius 1 is 1.24 bits per heavy atom. The lowest BCUT2D eigenvalue weighted by Gasteiger charge is -2.26. The molecule has 2 aromatic rings. The Labute approximate surface area is 124 Å². The first kappa shape index (κ1) is 14.4. The lowest BCUT2D eigenvalue weighted by molar-refractivity contribution is 0.0343. The fraction of sp³-hybridized carbons (Fsp3) is 0.500. The Balaban J connectivity index is 1.69. The summed E-state index contributed by atoms with van der Waals surface area (Å²) in [6.07, 6.45) is 2.10. The summed E-state index contributed by atoms with van der Waals surface area (Å²) >= 11 is 0. The second-order valence-corrected chi connectivity index (χ2v) is 5.25. The number of aromatic nitrogens is 1. The van der Waals surface area contributed by atoms with Crippen LogP contribution < -0.4 is 4.74 Å². The monoisotopic (exact) mass is 290 g/mol. The Kier molecular flexibility index (Phi) is 4.75. The van der Waals surface area contributed by atoms with Crippen molar-refractivity contribution in [3.8, 4) is 5.75 Å². The van der Waals surface area contributed by atoms with E-state index in [4.69, 9.17) is 14.2 Å². The van der Waals surface area contributed by atoms with Gasteiger partial charge in [-0.15, -0.1) is 0 Å². The molecule has 1 aliphatic heterocycles. The largest absolute Gasteiger partial charge is 0.491 e. The number of nitrogens with zero attached hydrogens (tertiary/aromatic N) is 1. The van der Waals surface area contributed by atoms with Gasteiger partial charge < -0.3 is 19.2 Å². The molecule has 5 nitrogen and oxygen atoms in total. The molecule has 5 heteroatoms. The third-order valence-electron chi connectivity index (χ3n) is 3.79. The maximum atomic E-state index is 5.64. The summed E-state index contributed by atoms with van der Waals surface area (Å²) < 4.78 is 16.0. The van der Waals surface area contributed by atoms with Crippen LogP contribution in [0.3, 0.4) is 0 Å². The SMILES string of the molecule is COCCOc1ccc2c(CN3CCOCC3)c[nH]c2c1. The minimum Gasteiger partial charge on any atom is -0.491 e. The number of fused-ring (bicyclic) bond motifs is 1. The number of rotatable bonds is 6. The van der Waals surface area contributed by atoms with E-state index >= 15 is 0 Å². The molecule has 0 spiro atoms. The summed E-state index contributed by atoms with van der Waals surface area (Å²) in [6.45, 7) is 5.82. The molecule has 114 valence electrons. The minimum atomic E-state index is 0.573. The lowest BCUT2D eigenvalue weighted by atomic mass is 10.1. The van der Waals surface area contributed by atoms with Gasteiger partial charge in [0.1, 0.15) is 12.4 Å². The van der Waals surface area contributed by atoms with Crippen molar-refractivity contribution in [2.24, 2.45) is 0 Å². The molecule has 1 aliphatic rings. The molecule has 1 fully saturated rings. The fourth-order valence-electron chi connectivity index (χ4n) is 2.63. The van der Waals surface area contributed by atoms with Gasteiger partial charge in [0.15, 0.2) is 0 Å². The Hall–Kier alpha value is -1.56. The molecular formula is C16H22N2O3. The Morgan fingerprint density at radius 3 is 2.90 bits per heavy atom. The predicted molar refractivity (Wildman–Crippen MR) is 81.8 cm³/mol. The summed E-state index contributed by atoms with van der Waals surface area (Å²) in [5, 5.41) is 1.26. The minimum absolute atomic E-state index is 0.573. The topological polar surface area (TPSA) is 46.7 Å². The van der Waals surface area contributed by atoms with Crippen LogP contribution in [0.2, 0.25) is 0 Å². The van der Waals surface area contributed by atoms with E-state index in [0.29, 0.717) is 13.2 Å². The predicted octanol–water partition coefficient (Wildman–Crippen LogP) is 2.03. The number of nitrogens with one attached hydrogen (secondary N) is 1. The van der Waals surface area contributed by atoms with Crippen molar-refractivity contribution in [1.82, 2.24) is 9.88 Å². The highest BCUT2D eigenvalue weighted by Gasteiger charge is 2.13. The smallest absolute Gasteiger partial charge is 0.121 e. The number of ether oxygens (including phenoxy) is 3. The highest BCUT2D eigenvalue weighted by molar-refractivity contribution is 5.84. The molecule has 1 aromatic heterocycles. The van der Waals surface area contributed by atoms with Gasteiger partial charge in [0.2, 0.25) is 0 Å². The van der Waals surface area contributed by atoms with Gasteiger partial charge in [0.05, 0.1) is 19.8 Å². The number of hydrogen-bond donors (Lipinski definition) is 1. The number of morpholine rings is 1. The van der Waals surface area contributed by atoms with Crippen LogP contribution in [-0.2, 0) is 16.0 Å². The molecule has 0 amide bonds. The van der Waals surface area contributed by atoms with Gasteiger partial charge in [-0.3, -0.25) is 4.90 Å². The van der Waals surface area contributed by atoms with E-state index < -0.39 is 0 Å². The van der Waals surface area contributed by atoms with Crippen molar-refractivity contribution in [1.29, 1.82) is 0 Å². The molecule has 21 heavy (non-hydrogen) atoms.